The molecule has 2 nitrogen and oxygen atoms in total. The lowest BCUT2D eigenvalue weighted by Crippen LogP contribution is -2.24. The van der Waals surface area contributed by atoms with Crippen molar-refractivity contribution in [1.82, 2.24) is 0 Å². The van der Waals surface area contributed by atoms with Crippen LogP contribution < -0.4 is 4.74 Å². The van der Waals surface area contributed by atoms with Crippen LogP contribution in [0.3, 0.4) is 0 Å². The molecular formula is C23H17O2-. The van der Waals surface area contributed by atoms with E-state index >= 15 is 0 Å². The van der Waals surface area contributed by atoms with E-state index in [9.17, 15) is 4.79 Å². The highest BCUT2D eigenvalue weighted by Gasteiger charge is 2.31. The van der Waals surface area contributed by atoms with Gasteiger partial charge in [0.2, 0.25) is 5.78 Å². The number of carbonyl (C=O) groups excluding carboxylic acids is 1. The Bertz CT molecular complexity index is 940. The molecule has 0 saturated carbocycles. The van der Waals surface area contributed by atoms with Crippen molar-refractivity contribution < 1.29 is 9.53 Å². The van der Waals surface area contributed by atoms with E-state index in [1.165, 1.54) is 0 Å². The van der Waals surface area contributed by atoms with Crippen LogP contribution >= 0.6 is 0 Å². The largest absolute Gasteiger partial charge is 0.488 e. The Balaban J connectivity index is 1.81. The monoisotopic (exact) mass is 325 g/mol. The van der Waals surface area contributed by atoms with Crippen molar-refractivity contribution in [2.45, 2.75) is 13.0 Å². The SMILES string of the molecule is Cc1ccc2c(c1)OC(C(=O)c1ccccc1)C2=[C-]c1ccccc1. The van der Waals surface area contributed by atoms with Gasteiger partial charge in [0.05, 0.1) is 5.75 Å². The standard InChI is InChI=1S/C23H17O2/c1-16-12-13-19-20(15-17-8-4-2-5-9-17)23(25-21(19)14-16)22(24)18-10-6-3-7-11-18/h2-14,23H,1H3/q-1. The van der Waals surface area contributed by atoms with Crippen LogP contribution in [-0.4, -0.2) is 11.9 Å². The van der Waals surface area contributed by atoms with Gasteiger partial charge in [0.1, 0.15) is 0 Å². The van der Waals surface area contributed by atoms with Gasteiger partial charge >= 0.3 is 0 Å². The van der Waals surface area contributed by atoms with Gasteiger partial charge in [-0.1, -0.05) is 54.1 Å². The second-order valence-corrected chi connectivity index (χ2v) is 6.13. The Hall–Kier alpha value is -3.13. The van der Waals surface area contributed by atoms with Crippen LogP contribution in [-0.2, 0) is 0 Å². The highest BCUT2D eigenvalue weighted by Crippen LogP contribution is 2.39. The van der Waals surface area contributed by atoms with Crippen LogP contribution in [0.2, 0.25) is 0 Å². The van der Waals surface area contributed by atoms with Gasteiger partial charge in [0.15, 0.2) is 6.10 Å². The zero-order chi connectivity index (χ0) is 17.2. The average molecular weight is 325 g/mol. The summed E-state index contributed by atoms with van der Waals surface area (Å²) in [5.41, 5.74) is 4.40. The third-order valence-corrected chi connectivity index (χ3v) is 4.28. The Morgan fingerprint density at radius 3 is 2.32 bits per heavy atom. The lowest BCUT2D eigenvalue weighted by atomic mass is 9.94. The minimum absolute atomic E-state index is 0.0483. The number of Topliss-reactive ketones (excluding diaryl/α,β-unsaturated/α-hetero) is 1. The Morgan fingerprint density at radius 1 is 0.920 bits per heavy atom. The van der Waals surface area contributed by atoms with E-state index in [0.717, 1.165) is 28.0 Å². The van der Waals surface area contributed by atoms with E-state index in [0.29, 0.717) is 5.56 Å². The minimum Gasteiger partial charge on any atom is -0.488 e. The molecule has 1 aliphatic rings. The first-order valence-corrected chi connectivity index (χ1v) is 8.28. The summed E-state index contributed by atoms with van der Waals surface area (Å²) < 4.78 is 6.04. The number of carbonyl (C=O) groups is 1. The maximum absolute atomic E-state index is 13.0. The van der Waals surface area contributed by atoms with Crippen molar-refractivity contribution in [3.05, 3.63) is 107 Å². The van der Waals surface area contributed by atoms with Crippen molar-refractivity contribution in [3.63, 3.8) is 0 Å². The van der Waals surface area contributed by atoms with Gasteiger partial charge in [-0.15, -0.1) is 35.9 Å². The first kappa shape index (κ1) is 15.4. The molecule has 0 radical (unpaired) electrons. The van der Waals surface area contributed by atoms with Crippen molar-refractivity contribution >= 4 is 11.4 Å². The predicted molar refractivity (Wildman–Crippen MR) is 98.6 cm³/mol. The molecule has 1 atom stereocenters. The van der Waals surface area contributed by atoms with Gasteiger partial charge in [-0.05, 0) is 24.1 Å². The second kappa shape index (κ2) is 6.40. The molecule has 4 rings (SSSR count). The fourth-order valence-corrected chi connectivity index (χ4v) is 3.02. The molecule has 0 saturated heterocycles. The summed E-state index contributed by atoms with van der Waals surface area (Å²) in [7, 11) is 0. The normalized spacial score (nSPS) is 17.2. The van der Waals surface area contributed by atoms with Crippen LogP contribution in [0.4, 0.5) is 0 Å². The molecular weight excluding hydrogens is 308 g/mol. The van der Waals surface area contributed by atoms with Crippen molar-refractivity contribution in [1.29, 1.82) is 0 Å². The van der Waals surface area contributed by atoms with Gasteiger partial charge in [-0.25, -0.2) is 0 Å². The fraction of sp³-hybridized carbons (Fsp3) is 0.0870. The zero-order valence-corrected chi connectivity index (χ0v) is 13.9. The predicted octanol–water partition coefficient (Wildman–Crippen LogP) is 4.87. The molecule has 1 aliphatic heterocycles. The Labute approximate surface area is 147 Å². The lowest BCUT2D eigenvalue weighted by Gasteiger charge is -2.15. The van der Waals surface area contributed by atoms with Gasteiger partial charge < -0.3 is 4.74 Å². The number of rotatable bonds is 3. The van der Waals surface area contributed by atoms with E-state index in [4.69, 9.17) is 4.74 Å². The molecule has 0 aliphatic carbocycles. The van der Waals surface area contributed by atoms with Crippen LogP contribution in [0.5, 0.6) is 5.75 Å². The summed E-state index contributed by atoms with van der Waals surface area (Å²) in [5, 5.41) is 0. The van der Waals surface area contributed by atoms with E-state index in [-0.39, 0.29) is 5.78 Å². The summed E-state index contributed by atoms with van der Waals surface area (Å²) in [5.74, 6) is 0.695. The molecule has 0 spiro atoms. The Kier molecular flexibility index (Phi) is 3.95. The lowest BCUT2D eigenvalue weighted by molar-refractivity contribution is 0.0874. The van der Waals surface area contributed by atoms with Gasteiger partial charge in [-0.2, -0.15) is 0 Å². The number of aryl methyl sites for hydroxylation is 1. The van der Waals surface area contributed by atoms with Crippen molar-refractivity contribution in [2.75, 3.05) is 0 Å². The molecule has 0 N–H and O–H groups in total. The summed E-state index contributed by atoms with van der Waals surface area (Å²) in [6, 6.07) is 25.1. The topological polar surface area (TPSA) is 26.3 Å². The molecule has 3 aromatic carbocycles. The molecule has 0 aromatic heterocycles. The molecule has 3 aromatic rings. The number of fused-ring (bicyclic) bond motifs is 1. The second-order valence-electron chi connectivity index (χ2n) is 6.13. The molecule has 2 heteroatoms. The molecule has 1 heterocycles. The molecule has 1 unspecified atom stereocenters. The summed E-state index contributed by atoms with van der Waals surface area (Å²) in [6.07, 6.45) is 2.72. The number of ketones is 1. The number of ether oxygens (including phenoxy) is 1. The number of hydrogen-bond donors (Lipinski definition) is 0. The average Bonchev–Trinajstić information content (AvgIpc) is 3.00. The van der Waals surface area contributed by atoms with Crippen LogP contribution in [0.1, 0.15) is 27.0 Å². The van der Waals surface area contributed by atoms with Gasteiger partial charge in [0, 0.05) is 5.56 Å². The first-order valence-electron chi connectivity index (χ1n) is 8.28. The molecule has 122 valence electrons. The number of hydrogen-bond acceptors (Lipinski definition) is 2. The van der Waals surface area contributed by atoms with Gasteiger partial charge in [-0.3, -0.25) is 4.79 Å². The van der Waals surface area contributed by atoms with E-state index in [1.54, 1.807) is 0 Å². The third kappa shape index (κ3) is 2.99. The fourth-order valence-electron chi connectivity index (χ4n) is 3.02. The summed E-state index contributed by atoms with van der Waals surface area (Å²) >= 11 is 0. The first-order chi connectivity index (χ1) is 12.2. The molecule has 0 fully saturated rings. The highest BCUT2D eigenvalue weighted by atomic mass is 16.5. The smallest absolute Gasteiger partial charge is 0.206 e. The van der Waals surface area contributed by atoms with Crippen LogP contribution in [0, 0.1) is 13.0 Å². The Morgan fingerprint density at radius 2 is 1.60 bits per heavy atom. The maximum Gasteiger partial charge on any atom is 0.206 e. The maximum atomic E-state index is 13.0. The minimum atomic E-state index is -0.667. The zero-order valence-electron chi connectivity index (χ0n) is 13.9. The molecule has 0 amide bonds. The third-order valence-electron chi connectivity index (χ3n) is 4.28. The summed E-state index contributed by atoms with van der Waals surface area (Å²) in [4.78, 5) is 13.0. The number of benzene rings is 3. The quantitative estimate of drug-likeness (QED) is 0.507. The van der Waals surface area contributed by atoms with E-state index in [2.05, 4.69) is 6.08 Å². The van der Waals surface area contributed by atoms with E-state index in [1.807, 2.05) is 85.8 Å². The van der Waals surface area contributed by atoms with Crippen LogP contribution in [0.15, 0.2) is 78.9 Å². The van der Waals surface area contributed by atoms with Crippen molar-refractivity contribution in [2.24, 2.45) is 0 Å². The highest BCUT2D eigenvalue weighted by molar-refractivity contribution is 6.08. The van der Waals surface area contributed by atoms with E-state index < -0.39 is 6.10 Å². The molecule has 25 heavy (non-hydrogen) atoms. The summed E-state index contributed by atoms with van der Waals surface area (Å²) in [6.45, 7) is 2.01. The molecule has 0 bridgehead atoms. The van der Waals surface area contributed by atoms with Crippen LogP contribution in [0.25, 0.3) is 5.57 Å². The van der Waals surface area contributed by atoms with Crippen molar-refractivity contribution in [3.8, 4) is 5.75 Å². The van der Waals surface area contributed by atoms with Gasteiger partial charge in [0.25, 0.3) is 0 Å².